The zero-order chi connectivity index (χ0) is 14.4. The van der Waals surface area contributed by atoms with Gasteiger partial charge in [-0.15, -0.1) is 0 Å². The van der Waals surface area contributed by atoms with Gasteiger partial charge in [-0.2, -0.15) is 0 Å². The van der Waals surface area contributed by atoms with Gasteiger partial charge in [0.1, 0.15) is 0 Å². The molecule has 0 amide bonds. The minimum atomic E-state index is 0.0972. The molecule has 0 aromatic carbocycles. The van der Waals surface area contributed by atoms with E-state index in [1.807, 2.05) is 41.5 Å². The van der Waals surface area contributed by atoms with Gasteiger partial charge in [0.15, 0.2) is 0 Å². The molecular weight excluding hydrogens is 271 g/mol. The fraction of sp³-hybridized carbons (Fsp3) is 1.00. The van der Waals surface area contributed by atoms with E-state index in [9.17, 15) is 0 Å². The van der Waals surface area contributed by atoms with Gasteiger partial charge < -0.3 is 10.2 Å². The summed E-state index contributed by atoms with van der Waals surface area (Å²) < 4.78 is 14.7. The summed E-state index contributed by atoms with van der Waals surface area (Å²) in [6.07, 6.45) is 0. The van der Waals surface area contributed by atoms with Crippen LogP contribution in [0, 0.1) is 10.8 Å². The first-order valence-electron chi connectivity index (χ1n) is 4.69. The van der Waals surface area contributed by atoms with Crippen molar-refractivity contribution in [2.45, 2.75) is 41.5 Å². The van der Waals surface area contributed by atoms with Crippen LogP contribution in [0.5, 0.6) is 0 Å². The van der Waals surface area contributed by atoms with Crippen molar-refractivity contribution in [3.05, 3.63) is 0 Å². The van der Waals surface area contributed by atoms with Gasteiger partial charge in [-0.3, -0.25) is 4.66 Å². The molecule has 6 heteroatoms. The second-order valence-electron chi connectivity index (χ2n) is 5.44. The van der Waals surface area contributed by atoms with Gasteiger partial charge in [-0.05, 0) is 10.8 Å². The Morgan fingerprint density at radius 2 is 0.875 bits per heavy atom. The minimum absolute atomic E-state index is 0.0972. The molecule has 16 heavy (non-hydrogen) atoms. The van der Waals surface area contributed by atoms with Gasteiger partial charge in [0.05, 0.1) is 11.9 Å². The third-order valence-corrected chi connectivity index (χ3v) is 0.949. The summed E-state index contributed by atoms with van der Waals surface area (Å²) in [5, 5.41) is 16.8. The van der Waals surface area contributed by atoms with E-state index < -0.39 is 0 Å². The molecule has 0 bridgehead atoms. The Labute approximate surface area is 113 Å². The van der Waals surface area contributed by atoms with Crippen molar-refractivity contribution in [2.24, 2.45) is 10.8 Å². The average Bonchev–Trinajstić information content (AvgIpc) is 2.23. The summed E-state index contributed by atoms with van der Waals surface area (Å²) in [7, 11) is 0. The summed E-state index contributed by atoms with van der Waals surface area (Å²) in [6.45, 7) is 12.5. The molecule has 0 unspecified atom stereocenters. The average molecular weight is 296 g/mol. The van der Waals surface area contributed by atoms with Crippen molar-refractivity contribution in [3.8, 4) is 0 Å². The number of aliphatic hydroxyl groups is 2. The monoisotopic (exact) mass is 295 g/mol. The van der Waals surface area contributed by atoms with Crippen LogP contribution in [0.1, 0.15) is 41.5 Å². The summed E-state index contributed by atoms with van der Waals surface area (Å²) >= 11 is 4.70. The fourth-order valence-corrected chi connectivity index (χ4v) is 0. The number of rotatable bonds is 0. The van der Waals surface area contributed by atoms with E-state index in [2.05, 4.69) is 11.9 Å². The van der Waals surface area contributed by atoms with Crippen LogP contribution >= 0.6 is 11.9 Å². The van der Waals surface area contributed by atoms with Crippen LogP contribution in [0.25, 0.3) is 0 Å². The fourth-order valence-electron chi connectivity index (χ4n) is 0. The maximum absolute atomic E-state index is 8.40. The Balaban J connectivity index is -0.0000000686. The summed E-state index contributed by atoms with van der Waals surface area (Å²) in [5.41, 5.74) is 0.194. The standard InChI is InChI=1S/2C5H12O.ClHO.O.V/c2*1-5(2,3)4-6;1-2;;/h2*6H,4H2,1-3H3;2H;;. The molecule has 0 spiro atoms. The van der Waals surface area contributed by atoms with E-state index >= 15 is 0 Å². The Morgan fingerprint density at radius 1 is 0.812 bits per heavy atom. The first-order chi connectivity index (χ1) is 7.12. The molecule has 0 fully saturated rings. The zero-order valence-corrected chi connectivity index (χ0v) is 13.1. The number of halogens is 1. The quantitative estimate of drug-likeness (QED) is 0.639. The molecule has 0 aliphatic carbocycles. The van der Waals surface area contributed by atoms with Gasteiger partial charge in [-0.25, -0.2) is 0 Å². The summed E-state index contributed by atoms with van der Waals surface area (Å²) in [6, 6.07) is 0. The molecule has 0 aliphatic rings. The van der Waals surface area contributed by atoms with Crippen molar-refractivity contribution in [1.82, 2.24) is 0 Å². The zero-order valence-electron chi connectivity index (χ0n) is 11.0. The van der Waals surface area contributed by atoms with Gasteiger partial charge >= 0.3 is 21.0 Å². The third-order valence-electron chi connectivity index (χ3n) is 0.949. The summed E-state index contributed by atoms with van der Waals surface area (Å²) in [4.78, 5) is 0. The van der Waals surface area contributed by atoms with Gasteiger partial charge in [0, 0.05) is 13.2 Å². The normalized spacial score (nSPS) is 9.56. The Morgan fingerprint density at radius 3 is 0.875 bits per heavy atom. The molecule has 3 N–H and O–H groups in total. The van der Waals surface area contributed by atoms with Crippen molar-refractivity contribution in [1.29, 1.82) is 0 Å². The van der Waals surface area contributed by atoms with Crippen molar-refractivity contribution in [3.63, 3.8) is 0 Å². The molecule has 0 radical (unpaired) electrons. The molecule has 0 aliphatic heterocycles. The summed E-state index contributed by atoms with van der Waals surface area (Å²) in [5.74, 6) is 0. The third kappa shape index (κ3) is 62.2. The van der Waals surface area contributed by atoms with E-state index in [1.165, 1.54) is 0 Å². The Bertz CT molecular complexity index is 107. The van der Waals surface area contributed by atoms with E-state index in [4.69, 9.17) is 18.5 Å². The van der Waals surface area contributed by atoms with Gasteiger partial charge in [-0.1, -0.05) is 41.5 Å². The van der Waals surface area contributed by atoms with E-state index in [0.29, 0.717) is 0 Å². The van der Waals surface area contributed by atoms with Crippen molar-refractivity contribution >= 4 is 11.9 Å². The SMILES string of the molecule is CC(C)(C)CO.CC(C)(C)CO.OCl.[O]=[V]. The molecule has 0 aromatic rings. The maximum atomic E-state index is 8.40. The van der Waals surface area contributed by atoms with Crippen LogP contribution in [0.4, 0.5) is 0 Å². The molecule has 0 aromatic heterocycles. The van der Waals surface area contributed by atoms with Gasteiger partial charge in [0.25, 0.3) is 0 Å². The van der Waals surface area contributed by atoms with E-state index in [1.54, 1.807) is 0 Å². The van der Waals surface area contributed by atoms with Crippen LogP contribution in [-0.4, -0.2) is 28.1 Å². The first kappa shape index (κ1) is 25.4. The predicted octanol–water partition coefficient (Wildman–Crippen LogP) is 2.06. The van der Waals surface area contributed by atoms with E-state index in [-0.39, 0.29) is 24.0 Å². The van der Waals surface area contributed by atoms with E-state index in [0.717, 1.165) is 17.4 Å². The Hall–Kier alpha value is 0.554. The first-order valence-corrected chi connectivity index (χ1v) is 5.60. The molecular formula is C10H25ClO4V. The topological polar surface area (TPSA) is 77.8 Å². The van der Waals surface area contributed by atoms with Crippen LogP contribution in [-0.2, 0) is 21.0 Å². The molecule has 0 saturated carbocycles. The number of aliphatic hydroxyl groups excluding tert-OH is 2. The van der Waals surface area contributed by atoms with Crippen LogP contribution in [0.3, 0.4) is 0 Å². The van der Waals surface area contributed by atoms with Crippen LogP contribution < -0.4 is 0 Å². The molecule has 4 nitrogen and oxygen atoms in total. The number of hydrogen-bond donors (Lipinski definition) is 3. The van der Waals surface area contributed by atoms with Crippen LogP contribution in [0.15, 0.2) is 0 Å². The molecule has 101 valence electrons. The number of hydrogen-bond acceptors (Lipinski definition) is 4. The molecule has 0 heterocycles. The second-order valence-corrected chi connectivity index (χ2v) is 5.44. The van der Waals surface area contributed by atoms with Crippen molar-refractivity contribution < 1.29 is 35.9 Å². The van der Waals surface area contributed by atoms with Crippen LogP contribution in [0.2, 0.25) is 0 Å². The van der Waals surface area contributed by atoms with Gasteiger partial charge in [0.2, 0.25) is 0 Å². The van der Waals surface area contributed by atoms with Crippen molar-refractivity contribution in [2.75, 3.05) is 13.2 Å². The molecule has 0 saturated heterocycles. The Kier molecular flexibility index (Phi) is 24.7. The molecule has 0 rings (SSSR count). The molecule has 0 atom stereocenters. The predicted molar refractivity (Wildman–Crippen MR) is 61.8 cm³/mol. The second kappa shape index (κ2) is 15.6.